The van der Waals surface area contributed by atoms with Crippen LogP contribution in [0.5, 0.6) is 0 Å². The summed E-state index contributed by atoms with van der Waals surface area (Å²) >= 11 is 1.65. The Morgan fingerprint density at radius 1 is 1.35 bits per heavy atom. The highest BCUT2D eigenvalue weighted by Gasteiger charge is 2.22. The van der Waals surface area contributed by atoms with E-state index in [2.05, 4.69) is 25.7 Å². The summed E-state index contributed by atoms with van der Waals surface area (Å²) in [4.78, 5) is 15.7. The summed E-state index contributed by atoms with van der Waals surface area (Å²) in [7, 11) is 0. The van der Waals surface area contributed by atoms with Gasteiger partial charge in [-0.25, -0.2) is 0 Å². The molecule has 4 heteroatoms. The Bertz CT molecular complexity index is 361. The summed E-state index contributed by atoms with van der Waals surface area (Å²) in [6.45, 7) is 9.72. The van der Waals surface area contributed by atoms with Crippen LogP contribution < -0.4 is 0 Å². The van der Waals surface area contributed by atoms with E-state index in [-0.39, 0.29) is 11.9 Å². The highest BCUT2D eigenvalue weighted by Crippen LogP contribution is 2.27. The van der Waals surface area contributed by atoms with E-state index < -0.39 is 0 Å². The Balaban J connectivity index is 2.47. The van der Waals surface area contributed by atoms with Gasteiger partial charge >= 0.3 is 5.97 Å². The summed E-state index contributed by atoms with van der Waals surface area (Å²) in [6.07, 6.45) is 3.06. The molecule has 20 heavy (non-hydrogen) atoms. The average molecular weight is 297 g/mol. The quantitative estimate of drug-likeness (QED) is 0.613. The van der Waals surface area contributed by atoms with Crippen molar-refractivity contribution in [2.24, 2.45) is 0 Å². The fourth-order valence-electron chi connectivity index (χ4n) is 2.19. The molecule has 0 aliphatic heterocycles. The highest BCUT2D eigenvalue weighted by atomic mass is 32.1. The monoisotopic (exact) mass is 297 g/mol. The summed E-state index contributed by atoms with van der Waals surface area (Å²) in [5.74, 6) is -0.139. The minimum atomic E-state index is -0.0772. The minimum Gasteiger partial charge on any atom is -0.464 e. The molecule has 0 saturated heterocycles. The number of hydrogen-bond acceptors (Lipinski definition) is 4. The number of rotatable bonds is 10. The maximum Gasteiger partial charge on any atom is 0.314 e. The van der Waals surface area contributed by atoms with Gasteiger partial charge in [-0.3, -0.25) is 4.79 Å². The zero-order valence-corrected chi connectivity index (χ0v) is 13.7. The molecule has 114 valence electrons. The van der Waals surface area contributed by atoms with Crippen molar-refractivity contribution in [3.05, 3.63) is 22.4 Å². The van der Waals surface area contributed by atoms with Crippen molar-refractivity contribution >= 4 is 17.3 Å². The van der Waals surface area contributed by atoms with Gasteiger partial charge < -0.3 is 9.64 Å². The van der Waals surface area contributed by atoms with Crippen LogP contribution >= 0.6 is 11.3 Å². The molecule has 1 aromatic rings. The van der Waals surface area contributed by atoms with Crippen LogP contribution in [0.15, 0.2) is 17.5 Å². The van der Waals surface area contributed by atoms with Crippen molar-refractivity contribution in [2.45, 2.75) is 46.0 Å². The SMILES string of the molecule is CCCCC(C(=O)OCCN(CC)CC)c1cccs1. The van der Waals surface area contributed by atoms with Crippen LogP contribution in [0, 0.1) is 0 Å². The van der Waals surface area contributed by atoms with Gasteiger partial charge in [-0.1, -0.05) is 39.7 Å². The first-order valence-corrected chi connectivity index (χ1v) is 8.53. The normalized spacial score (nSPS) is 12.6. The van der Waals surface area contributed by atoms with Crippen molar-refractivity contribution in [2.75, 3.05) is 26.2 Å². The van der Waals surface area contributed by atoms with E-state index in [9.17, 15) is 4.79 Å². The Morgan fingerprint density at radius 2 is 2.10 bits per heavy atom. The number of esters is 1. The molecule has 1 heterocycles. The molecular weight excluding hydrogens is 270 g/mol. The minimum absolute atomic E-state index is 0.0620. The third-order valence-electron chi connectivity index (χ3n) is 3.56. The van der Waals surface area contributed by atoms with Gasteiger partial charge in [0.15, 0.2) is 0 Å². The standard InChI is InChI=1S/C16H27NO2S/c1-4-7-9-14(15-10-8-13-20-15)16(18)19-12-11-17(5-2)6-3/h8,10,13-14H,4-7,9,11-12H2,1-3H3. The molecule has 1 atom stereocenters. The van der Waals surface area contributed by atoms with Crippen LogP contribution in [-0.2, 0) is 9.53 Å². The Morgan fingerprint density at radius 3 is 2.65 bits per heavy atom. The maximum absolute atomic E-state index is 12.3. The van der Waals surface area contributed by atoms with Gasteiger partial charge in [0.1, 0.15) is 6.61 Å². The third kappa shape index (κ3) is 5.63. The smallest absolute Gasteiger partial charge is 0.314 e. The summed E-state index contributed by atoms with van der Waals surface area (Å²) in [5.41, 5.74) is 0. The summed E-state index contributed by atoms with van der Waals surface area (Å²) in [6, 6.07) is 4.04. The topological polar surface area (TPSA) is 29.5 Å². The van der Waals surface area contributed by atoms with Crippen LogP contribution in [0.4, 0.5) is 0 Å². The van der Waals surface area contributed by atoms with Crippen molar-refractivity contribution < 1.29 is 9.53 Å². The van der Waals surface area contributed by atoms with Crippen molar-refractivity contribution in [3.8, 4) is 0 Å². The van der Waals surface area contributed by atoms with E-state index in [0.29, 0.717) is 6.61 Å². The Kier molecular flexibility index (Phi) is 8.54. The highest BCUT2D eigenvalue weighted by molar-refractivity contribution is 7.10. The van der Waals surface area contributed by atoms with Crippen LogP contribution in [0.25, 0.3) is 0 Å². The fraction of sp³-hybridized carbons (Fsp3) is 0.688. The summed E-state index contributed by atoms with van der Waals surface area (Å²) in [5, 5.41) is 2.03. The molecule has 0 aliphatic carbocycles. The lowest BCUT2D eigenvalue weighted by molar-refractivity contribution is -0.146. The molecule has 0 bridgehead atoms. The lowest BCUT2D eigenvalue weighted by Crippen LogP contribution is -2.28. The van der Waals surface area contributed by atoms with Crippen LogP contribution in [0.1, 0.15) is 50.8 Å². The zero-order valence-electron chi connectivity index (χ0n) is 12.9. The van der Waals surface area contributed by atoms with Crippen molar-refractivity contribution in [1.82, 2.24) is 4.90 Å². The largest absolute Gasteiger partial charge is 0.464 e. The number of likely N-dealkylation sites (N-methyl/N-ethyl adjacent to an activating group) is 1. The number of hydrogen-bond donors (Lipinski definition) is 0. The molecule has 0 spiro atoms. The second-order valence-corrected chi connectivity index (χ2v) is 5.88. The Hall–Kier alpha value is -0.870. The number of nitrogens with zero attached hydrogens (tertiary/aromatic N) is 1. The molecular formula is C16H27NO2S. The first-order chi connectivity index (χ1) is 9.72. The second kappa shape index (κ2) is 9.94. The first kappa shape index (κ1) is 17.2. The van der Waals surface area contributed by atoms with Gasteiger partial charge in [0.2, 0.25) is 0 Å². The first-order valence-electron chi connectivity index (χ1n) is 7.65. The zero-order chi connectivity index (χ0) is 14.8. The predicted octanol–water partition coefficient (Wildman–Crippen LogP) is 3.91. The van der Waals surface area contributed by atoms with E-state index in [1.807, 2.05) is 17.5 Å². The molecule has 0 aromatic carbocycles. The van der Waals surface area contributed by atoms with Crippen LogP contribution in [0.3, 0.4) is 0 Å². The van der Waals surface area contributed by atoms with E-state index in [1.165, 1.54) is 0 Å². The molecule has 0 aliphatic rings. The van der Waals surface area contributed by atoms with Gasteiger partial charge in [-0.2, -0.15) is 0 Å². The van der Waals surface area contributed by atoms with E-state index in [4.69, 9.17) is 4.74 Å². The molecule has 0 amide bonds. The van der Waals surface area contributed by atoms with E-state index >= 15 is 0 Å². The summed E-state index contributed by atoms with van der Waals surface area (Å²) < 4.78 is 5.49. The van der Waals surface area contributed by atoms with Crippen molar-refractivity contribution in [1.29, 1.82) is 0 Å². The van der Waals surface area contributed by atoms with Gasteiger partial charge in [0, 0.05) is 11.4 Å². The van der Waals surface area contributed by atoms with E-state index in [1.54, 1.807) is 11.3 Å². The second-order valence-electron chi connectivity index (χ2n) is 4.90. The fourth-order valence-corrected chi connectivity index (χ4v) is 3.04. The van der Waals surface area contributed by atoms with Crippen LogP contribution in [0.2, 0.25) is 0 Å². The van der Waals surface area contributed by atoms with Crippen LogP contribution in [-0.4, -0.2) is 37.1 Å². The molecule has 0 N–H and O–H groups in total. The maximum atomic E-state index is 12.3. The van der Waals surface area contributed by atoms with Gasteiger partial charge in [-0.05, 0) is 31.0 Å². The van der Waals surface area contributed by atoms with Crippen molar-refractivity contribution in [3.63, 3.8) is 0 Å². The average Bonchev–Trinajstić information content (AvgIpc) is 2.98. The number of carbonyl (C=O) groups excluding carboxylic acids is 1. The molecule has 1 rings (SSSR count). The number of carbonyl (C=O) groups is 1. The van der Waals surface area contributed by atoms with Gasteiger partial charge in [0.05, 0.1) is 5.92 Å². The lowest BCUT2D eigenvalue weighted by Gasteiger charge is -2.19. The van der Waals surface area contributed by atoms with E-state index in [0.717, 1.165) is 43.8 Å². The lowest BCUT2D eigenvalue weighted by atomic mass is 10.0. The number of unbranched alkanes of at least 4 members (excludes halogenated alkanes) is 1. The number of ether oxygens (including phenoxy) is 1. The van der Waals surface area contributed by atoms with Gasteiger partial charge in [-0.15, -0.1) is 11.3 Å². The molecule has 0 fully saturated rings. The number of thiophene rings is 1. The third-order valence-corrected chi connectivity index (χ3v) is 4.55. The molecule has 0 radical (unpaired) electrons. The Labute approximate surface area is 126 Å². The molecule has 1 unspecified atom stereocenters. The van der Waals surface area contributed by atoms with Gasteiger partial charge in [0.25, 0.3) is 0 Å². The molecule has 0 saturated carbocycles. The predicted molar refractivity (Wildman–Crippen MR) is 85.3 cm³/mol. The molecule has 3 nitrogen and oxygen atoms in total. The molecule has 1 aromatic heterocycles.